The number of amides is 2. The van der Waals surface area contributed by atoms with Crippen molar-refractivity contribution in [3.63, 3.8) is 0 Å². The molecule has 2 atom stereocenters. The van der Waals surface area contributed by atoms with Crippen molar-refractivity contribution in [3.05, 3.63) is 65.2 Å². The molecule has 2 aromatic rings. The highest BCUT2D eigenvalue weighted by molar-refractivity contribution is 5.97. The number of fused-ring (bicyclic) bond motifs is 1. The van der Waals surface area contributed by atoms with E-state index in [0.717, 1.165) is 11.3 Å². The van der Waals surface area contributed by atoms with Gasteiger partial charge in [0.1, 0.15) is 6.04 Å². The van der Waals surface area contributed by atoms with Crippen LogP contribution in [0, 0.1) is 6.92 Å². The summed E-state index contributed by atoms with van der Waals surface area (Å²) in [5.41, 5.74) is 4.20. The second kappa shape index (κ2) is 7.49. The lowest BCUT2D eigenvalue weighted by atomic mass is 9.95. The Bertz CT molecular complexity index is 788. The first-order valence-corrected chi connectivity index (χ1v) is 8.51. The molecule has 2 aromatic carbocycles. The van der Waals surface area contributed by atoms with Gasteiger partial charge in [-0.05, 0) is 49.1 Å². The third-order valence-electron chi connectivity index (χ3n) is 4.44. The van der Waals surface area contributed by atoms with Crippen molar-refractivity contribution in [3.8, 4) is 0 Å². The molecule has 1 heterocycles. The van der Waals surface area contributed by atoms with Crippen LogP contribution >= 0.6 is 0 Å². The van der Waals surface area contributed by atoms with E-state index in [1.807, 2.05) is 49.4 Å². The molecule has 2 amide bonds. The topological polar surface area (TPSA) is 70.2 Å². The predicted octanol–water partition coefficient (Wildman–Crippen LogP) is 2.15. The molecule has 0 radical (unpaired) electrons. The summed E-state index contributed by atoms with van der Waals surface area (Å²) in [6.07, 6.45) is 0.633. The maximum Gasteiger partial charge on any atom is 0.246 e. The highest BCUT2D eigenvalue weighted by Crippen LogP contribution is 2.16. The van der Waals surface area contributed by atoms with Gasteiger partial charge in [-0.25, -0.2) is 0 Å². The molecule has 5 nitrogen and oxygen atoms in total. The number of anilines is 1. The van der Waals surface area contributed by atoms with Gasteiger partial charge >= 0.3 is 0 Å². The molecule has 1 aliphatic heterocycles. The van der Waals surface area contributed by atoms with Crippen LogP contribution in [0.4, 0.5) is 5.69 Å². The lowest BCUT2D eigenvalue weighted by molar-refractivity contribution is -0.127. The summed E-state index contributed by atoms with van der Waals surface area (Å²) in [5, 5.41) is 8.87. The molecule has 3 N–H and O–H groups in total. The summed E-state index contributed by atoms with van der Waals surface area (Å²) in [7, 11) is 0. The standard InChI is InChI=1S/C20H23N3O2/c1-13-6-5-9-17(10-13)23-19(24)14(2)22-20(25)18-11-15-7-3-4-8-16(15)12-21-18/h3-10,14,18,21H,11-12H2,1-2H3,(H,22,25)(H,23,24)/t14-,18-/m0/s1. The van der Waals surface area contributed by atoms with Crippen molar-refractivity contribution < 1.29 is 9.59 Å². The van der Waals surface area contributed by atoms with Gasteiger partial charge in [0.05, 0.1) is 6.04 Å². The fourth-order valence-corrected chi connectivity index (χ4v) is 2.99. The molecule has 0 fully saturated rings. The molecule has 0 unspecified atom stereocenters. The van der Waals surface area contributed by atoms with E-state index >= 15 is 0 Å². The minimum absolute atomic E-state index is 0.151. The van der Waals surface area contributed by atoms with E-state index in [1.165, 1.54) is 11.1 Å². The van der Waals surface area contributed by atoms with Crippen LogP contribution in [-0.4, -0.2) is 23.9 Å². The lowest BCUT2D eigenvalue weighted by Crippen LogP contribution is -2.52. The third kappa shape index (κ3) is 4.25. The first-order chi connectivity index (χ1) is 12.0. The lowest BCUT2D eigenvalue weighted by Gasteiger charge is -2.26. The molecule has 0 aliphatic carbocycles. The Morgan fingerprint density at radius 3 is 2.64 bits per heavy atom. The fraction of sp³-hybridized carbons (Fsp3) is 0.300. The average molecular weight is 337 g/mol. The van der Waals surface area contributed by atoms with Crippen molar-refractivity contribution in [2.75, 3.05) is 5.32 Å². The van der Waals surface area contributed by atoms with Crippen molar-refractivity contribution in [2.24, 2.45) is 0 Å². The van der Waals surface area contributed by atoms with Gasteiger partial charge in [0, 0.05) is 12.2 Å². The number of carbonyl (C=O) groups excluding carboxylic acids is 2. The van der Waals surface area contributed by atoms with E-state index < -0.39 is 6.04 Å². The summed E-state index contributed by atoms with van der Waals surface area (Å²) in [5.74, 6) is -0.378. The van der Waals surface area contributed by atoms with E-state index in [2.05, 4.69) is 22.0 Å². The van der Waals surface area contributed by atoms with Gasteiger partial charge in [0.15, 0.2) is 0 Å². The Labute approximate surface area is 147 Å². The molecule has 0 saturated heterocycles. The first-order valence-electron chi connectivity index (χ1n) is 8.51. The normalized spacial score (nSPS) is 17.3. The number of benzene rings is 2. The van der Waals surface area contributed by atoms with Gasteiger partial charge in [-0.1, -0.05) is 36.4 Å². The van der Waals surface area contributed by atoms with E-state index in [1.54, 1.807) is 6.92 Å². The molecule has 0 saturated carbocycles. The predicted molar refractivity (Wildman–Crippen MR) is 98.2 cm³/mol. The van der Waals surface area contributed by atoms with Crippen LogP contribution in [0.25, 0.3) is 0 Å². The van der Waals surface area contributed by atoms with Crippen LogP contribution in [0.1, 0.15) is 23.6 Å². The SMILES string of the molecule is Cc1cccc(NC(=O)[C@H](C)NC(=O)[C@@H]2Cc3ccccc3CN2)c1. The number of nitrogens with one attached hydrogen (secondary N) is 3. The summed E-state index contributed by atoms with van der Waals surface area (Å²) in [6.45, 7) is 4.32. The molecular formula is C20H23N3O2. The highest BCUT2D eigenvalue weighted by atomic mass is 16.2. The number of hydrogen-bond acceptors (Lipinski definition) is 3. The maximum absolute atomic E-state index is 12.5. The zero-order valence-corrected chi connectivity index (χ0v) is 14.5. The maximum atomic E-state index is 12.5. The van der Waals surface area contributed by atoms with E-state index in [4.69, 9.17) is 0 Å². The Morgan fingerprint density at radius 1 is 1.12 bits per heavy atom. The third-order valence-corrected chi connectivity index (χ3v) is 4.44. The number of carbonyl (C=O) groups is 2. The Kier molecular flexibility index (Phi) is 5.14. The van der Waals surface area contributed by atoms with Crippen LogP contribution in [0.2, 0.25) is 0 Å². The van der Waals surface area contributed by atoms with E-state index in [0.29, 0.717) is 13.0 Å². The summed E-state index contributed by atoms with van der Waals surface area (Å²) in [6, 6.07) is 14.8. The van der Waals surface area contributed by atoms with Crippen LogP contribution in [0.15, 0.2) is 48.5 Å². The molecule has 0 spiro atoms. The molecule has 1 aliphatic rings. The summed E-state index contributed by atoms with van der Waals surface area (Å²) >= 11 is 0. The zero-order chi connectivity index (χ0) is 17.8. The Balaban J connectivity index is 1.56. The molecule has 0 aromatic heterocycles. The monoisotopic (exact) mass is 337 g/mol. The van der Waals surface area contributed by atoms with Crippen LogP contribution in [0.5, 0.6) is 0 Å². The molecule has 25 heavy (non-hydrogen) atoms. The second-order valence-corrected chi connectivity index (χ2v) is 6.50. The quantitative estimate of drug-likeness (QED) is 0.801. The van der Waals surface area contributed by atoms with E-state index in [9.17, 15) is 9.59 Å². The minimum Gasteiger partial charge on any atom is -0.343 e. The summed E-state index contributed by atoms with van der Waals surface area (Å²) < 4.78 is 0. The highest BCUT2D eigenvalue weighted by Gasteiger charge is 2.26. The number of aryl methyl sites for hydroxylation is 1. The summed E-state index contributed by atoms with van der Waals surface area (Å²) in [4.78, 5) is 24.8. The van der Waals surface area contributed by atoms with Crippen molar-refractivity contribution in [1.29, 1.82) is 0 Å². The van der Waals surface area contributed by atoms with Gasteiger partial charge < -0.3 is 16.0 Å². The van der Waals surface area contributed by atoms with Crippen molar-refractivity contribution in [2.45, 2.75) is 38.9 Å². The fourth-order valence-electron chi connectivity index (χ4n) is 2.99. The second-order valence-electron chi connectivity index (χ2n) is 6.50. The molecule has 0 bridgehead atoms. The van der Waals surface area contributed by atoms with Gasteiger partial charge in [-0.15, -0.1) is 0 Å². The molecule has 5 heteroatoms. The number of hydrogen-bond donors (Lipinski definition) is 3. The first kappa shape index (κ1) is 17.2. The van der Waals surface area contributed by atoms with Crippen molar-refractivity contribution in [1.82, 2.24) is 10.6 Å². The van der Waals surface area contributed by atoms with Crippen LogP contribution in [0.3, 0.4) is 0 Å². The Morgan fingerprint density at radius 2 is 1.88 bits per heavy atom. The molecular weight excluding hydrogens is 314 g/mol. The van der Waals surface area contributed by atoms with Gasteiger partial charge in [-0.3, -0.25) is 9.59 Å². The van der Waals surface area contributed by atoms with E-state index in [-0.39, 0.29) is 17.9 Å². The smallest absolute Gasteiger partial charge is 0.246 e. The van der Waals surface area contributed by atoms with Gasteiger partial charge in [0.2, 0.25) is 11.8 Å². The average Bonchev–Trinajstić information content (AvgIpc) is 2.61. The van der Waals surface area contributed by atoms with Gasteiger partial charge in [0.25, 0.3) is 0 Å². The van der Waals surface area contributed by atoms with Crippen LogP contribution in [-0.2, 0) is 22.6 Å². The number of rotatable bonds is 4. The zero-order valence-electron chi connectivity index (χ0n) is 14.5. The van der Waals surface area contributed by atoms with Gasteiger partial charge in [-0.2, -0.15) is 0 Å². The molecule has 130 valence electrons. The minimum atomic E-state index is -0.605. The van der Waals surface area contributed by atoms with Crippen molar-refractivity contribution >= 4 is 17.5 Å². The van der Waals surface area contributed by atoms with Crippen LogP contribution < -0.4 is 16.0 Å². The largest absolute Gasteiger partial charge is 0.343 e. The Hall–Kier alpha value is -2.66. The molecule has 3 rings (SSSR count).